The maximum absolute atomic E-state index is 13.3. The highest BCUT2D eigenvalue weighted by Gasteiger charge is 2.21. The van der Waals surface area contributed by atoms with Crippen molar-refractivity contribution >= 4 is 21.8 Å². The van der Waals surface area contributed by atoms with Crippen molar-refractivity contribution in [2.75, 3.05) is 85.8 Å². The van der Waals surface area contributed by atoms with E-state index in [1.54, 1.807) is 82.6 Å². The van der Waals surface area contributed by atoms with Crippen molar-refractivity contribution in [3.8, 4) is 23.3 Å². The Labute approximate surface area is 357 Å². The number of ether oxygens (including phenoxy) is 7. The maximum atomic E-state index is 13.3. The first-order chi connectivity index (χ1) is 29.4. The average molecular weight is 865 g/mol. The number of hydrogen-bond acceptors (Lipinski definition) is 14. The molecule has 0 saturated carbocycles. The molecule has 4 rings (SSSR count). The van der Waals surface area contributed by atoms with Crippen LogP contribution < -0.4 is 10.6 Å². The lowest BCUT2D eigenvalue weighted by Crippen LogP contribution is -2.34. The number of rotatable bonds is 26. The minimum Gasteiger partial charge on any atom is -0.444 e. The summed E-state index contributed by atoms with van der Waals surface area (Å²) in [5.74, 6) is 5.97. The third kappa shape index (κ3) is 19.4. The van der Waals surface area contributed by atoms with Crippen LogP contribution in [-0.2, 0) is 55.3 Å². The van der Waals surface area contributed by atoms with Gasteiger partial charge in [0, 0.05) is 42.2 Å². The standard InChI is InChI=1S/C44H56N4O12S/c1-34-40(48-42(59-34)38-13-11-37(12-14-38)41(49)47-32-36-7-5-17-45-31-36)33-61(51,52)39-15-9-35(10-16-39)8-6-19-53-21-23-55-25-27-57-29-30-58-28-26-56-24-22-54-20-18-46-43(50)60-44(2,3)4/h5,7,9-17,31H,18-30,32-33H2,1-4H3,(H,46,50)(H,47,49). The van der Waals surface area contributed by atoms with E-state index in [9.17, 15) is 18.0 Å². The van der Waals surface area contributed by atoms with Crippen molar-refractivity contribution < 1.29 is 55.6 Å². The Kier molecular flexibility index (Phi) is 20.8. The van der Waals surface area contributed by atoms with E-state index in [0.717, 1.165) is 5.56 Å². The number of oxazole rings is 1. The quantitative estimate of drug-likeness (QED) is 0.0637. The Morgan fingerprint density at radius 1 is 0.754 bits per heavy atom. The molecule has 17 heteroatoms. The van der Waals surface area contributed by atoms with Crippen LogP contribution in [-0.4, -0.2) is 122 Å². The number of carbonyl (C=O) groups excluding carboxylic acids is 2. The summed E-state index contributed by atoms with van der Waals surface area (Å²) in [6.45, 7) is 12.6. The minimum atomic E-state index is -3.73. The number of nitrogens with zero attached hydrogens (tertiary/aromatic N) is 2. The molecule has 0 radical (unpaired) electrons. The second-order valence-electron chi connectivity index (χ2n) is 14.3. The Bertz CT molecular complexity index is 2080. The SMILES string of the molecule is Cc1oc(-c2ccc(C(=O)NCc3cccnc3)cc2)nc1CS(=O)(=O)c1ccc(C#CCOCCOCCOCCOCCOCCOCCNC(=O)OC(C)(C)C)cc1. The van der Waals surface area contributed by atoms with E-state index in [1.807, 2.05) is 6.07 Å². The topological polar surface area (TPSA) is 196 Å². The molecule has 0 aliphatic rings. The molecule has 0 bridgehead atoms. The molecule has 330 valence electrons. The predicted molar refractivity (Wildman–Crippen MR) is 225 cm³/mol. The summed E-state index contributed by atoms with van der Waals surface area (Å²) in [5.41, 5.74) is 2.39. The molecule has 2 aromatic heterocycles. The summed E-state index contributed by atoms with van der Waals surface area (Å²) in [6, 6.07) is 16.7. The van der Waals surface area contributed by atoms with Crippen LogP contribution in [0.15, 0.2) is 82.4 Å². The van der Waals surface area contributed by atoms with E-state index < -0.39 is 21.5 Å². The van der Waals surface area contributed by atoms with Gasteiger partial charge in [0.15, 0.2) is 9.84 Å². The van der Waals surface area contributed by atoms with Crippen molar-refractivity contribution in [2.45, 2.75) is 50.5 Å². The lowest BCUT2D eigenvalue weighted by atomic mass is 10.1. The second kappa shape index (κ2) is 26.2. The van der Waals surface area contributed by atoms with Crippen LogP contribution in [0.2, 0.25) is 0 Å². The fourth-order valence-corrected chi connectivity index (χ4v) is 6.49. The van der Waals surface area contributed by atoms with E-state index in [0.29, 0.717) is 114 Å². The van der Waals surface area contributed by atoms with Crippen molar-refractivity contribution in [2.24, 2.45) is 0 Å². The molecule has 0 fully saturated rings. The van der Waals surface area contributed by atoms with Crippen LogP contribution in [0.1, 0.15) is 53.7 Å². The average Bonchev–Trinajstić information content (AvgIpc) is 3.60. The van der Waals surface area contributed by atoms with Gasteiger partial charge in [-0.2, -0.15) is 0 Å². The highest BCUT2D eigenvalue weighted by molar-refractivity contribution is 7.90. The zero-order valence-electron chi connectivity index (χ0n) is 35.2. The van der Waals surface area contributed by atoms with E-state index in [-0.39, 0.29) is 29.1 Å². The molecule has 61 heavy (non-hydrogen) atoms. The molecule has 2 N–H and O–H groups in total. The maximum Gasteiger partial charge on any atom is 0.407 e. The number of aromatic nitrogens is 2. The van der Waals surface area contributed by atoms with Crippen molar-refractivity contribution in [1.82, 2.24) is 20.6 Å². The zero-order valence-corrected chi connectivity index (χ0v) is 36.1. The van der Waals surface area contributed by atoms with Crippen LogP contribution in [0.25, 0.3) is 11.5 Å². The molecular weight excluding hydrogens is 809 g/mol. The fraction of sp³-hybridized carbons (Fsp3) is 0.455. The number of benzene rings is 2. The number of hydrogen-bond donors (Lipinski definition) is 2. The number of pyridine rings is 1. The number of nitrogens with one attached hydrogen (secondary N) is 2. The van der Waals surface area contributed by atoms with Gasteiger partial charge in [-0.1, -0.05) is 17.9 Å². The molecule has 4 aromatic rings. The summed E-state index contributed by atoms with van der Waals surface area (Å²) in [5, 5.41) is 5.48. The van der Waals surface area contributed by atoms with Crippen LogP contribution in [0, 0.1) is 18.8 Å². The largest absolute Gasteiger partial charge is 0.444 e. The lowest BCUT2D eigenvalue weighted by Gasteiger charge is -2.19. The van der Waals surface area contributed by atoms with Crippen LogP contribution in [0.3, 0.4) is 0 Å². The molecule has 2 amide bonds. The summed E-state index contributed by atoms with van der Waals surface area (Å²) in [7, 11) is -3.73. The smallest absolute Gasteiger partial charge is 0.407 e. The molecule has 0 aliphatic carbocycles. The highest BCUT2D eigenvalue weighted by Crippen LogP contribution is 2.25. The zero-order chi connectivity index (χ0) is 43.8. The lowest BCUT2D eigenvalue weighted by molar-refractivity contribution is -0.0154. The van der Waals surface area contributed by atoms with Gasteiger partial charge in [0.05, 0.1) is 83.3 Å². The Morgan fingerprint density at radius 3 is 1.92 bits per heavy atom. The van der Waals surface area contributed by atoms with Crippen molar-refractivity contribution in [3.05, 3.63) is 101 Å². The number of aryl methyl sites for hydroxylation is 1. The van der Waals surface area contributed by atoms with Gasteiger partial charge in [0.25, 0.3) is 5.91 Å². The first-order valence-corrected chi connectivity index (χ1v) is 21.5. The monoisotopic (exact) mass is 864 g/mol. The number of amides is 2. The normalized spacial score (nSPS) is 11.5. The van der Waals surface area contributed by atoms with E-state index in [2.05, 4.69) is 32.4 Å². The fourth-order valence-electron chi connectivity index (χ4n) is 5.15. The van der Waals surface area contributed by atoms with Crippen molar-refractivity contribution in [3.63, 3.8) is 0 Å². The Morgan fingerprint density at radius 2 is 1.34 bits per heavy atom. The molecule has 2 aromatic carbocycles. The van der Waals surface area contributed by atoms with Gasteiger partial charge >= 0.3 is 6.09 Å². The summed E-state index contributed by atoms with van der Waals surface area (Å²) in [6.07, 6.45) is 2.89. The summed E-state index contributed by atoms with van der Waals surface area (Å²) >= 11 is 0. The second-order valence-corrected chi connectivity index (χ2v) is 16.3. The van der Waals surface area contributed by atoms with E-state index >= 15 is 0 Å². The number of carbonyl (C=O) groups is 2. The Hall–Kier alpha value is -5.19. The molecule has 0 aliphatic heterocycles. The van der Waals surface area contributed by atoms with Gasteiger partial charge in [-0.15, -0.1) is 0 Å². The van der Waals surface area contributed by atoms with Crippen LogP contribution in [0.4, 0.5) is 4.79 Å². The summed E-state index contributed by atoms with van der Waals surface area (Å²) in [4.78, 5) is 32.8. The highest BCUT2D eigenvalue weighted by atomic mass is 32.2. The van der Waals surface area contributed by atoms with Gasteiger partial charge in [-0.25, -0.2) is 18.2 Å². The third-order valence-corrected chi connectivity index (χ3v) is 9.83. The predicted octanol–water partition coefficient (Wildman–Crippen LogP) is 4.92. The number of sulfone groups is 1. The molecule has 0 saturated heterocycles. The van der Waals surface area contributed by atoms with Gasteiger partial charge in [0.2, 0.25) is 5.89 Å². The van der Waals surface area contributed by atoms with E-state index in [4.69, 9.17) is 37.6 Å². The summed E-state index contributed by atoms with van der Waals surface area (Å²) < 4.78 is 70.3. The molecule has 0 atom stereocenters. The molecular formula is C44H56N4O12S. The number of alkyl carbamates (subject to hydrolysis) is 1. The van der Waals surface area contributed by atoms with Gasteiger partial charge in [-0.3, -0.25) is 9.78 Å². The first-order valence-electron chi connectivity index (χ1n) is 19.9. The van der Waals surface area contributed by atoms with Crippen molar-refractivity contribution in [1.29, 1.82) is 0 Å². The van der Waals surface area contributed by atoms with Gasteiger partial charge in [-0.05, 0) is 87.9 Å². The molecule has 16 nitrogen and oxygen atoms in total. The van der Waals surface area contributed by atoms with Gasteiger partial charge < -0.3 is 48.2 Å². The molecule has 0 spiro atoms. The molecule has 0 unspecified atom stereocenters. The van der Waals surface area contributed by atoms with E-state index in [1.165, 1.54) is 12.1 Å². The Balaban J connectivity index is 1.00. The van der Waals surface area contributed by atoms with Crippen LogP contribution in [0.5, 0.6) is 0 Å². The molecule has 2 heterocycles. The van der Waals surface area contributed by atoms with Gasteiger partial charge in [0.1, 0.15) is 23.7 Å². The third-order valence-electron chi connectivity index (χ3n) is 8.18. The van der Waals surface area contributed by atoms with Crippen LogP contribution >= 0.6 is 0 Å². The minimum absolute atomic E-state index is 0.140. The first kappa shape index (κ1) is 48.5.